The largest absolute Gasteiger partial charge is 0.573 e. The second-order valence-electron chi connectivity index (χ2n) is 5.33. The predicted molar refractivity (Wildman–Crippen MR) is 76.9 cm³/mol. The van der Waals surface area contributed by atoms with Gasteiger partial charge in [0.05, 0.1) is 0 Å². The second-order valence-corrected chi connectivity index (χ2v) is 5.33. The lowest BCUT2D eigenvalue weighted by molar-refractivity contribution is -0.274. The fourth-order valence-corrected chi connectivity index (χ4v) is 2.51. The van der Waals surface area contributed by atoms with Crippen molar-refractivity contribution in [3.8, 4) is 5.75 Å². The van der Waals surface area contributed by atoms with Crippen LogP contribution >= 0.6 is 0 Å². The van der Waals surface area contributed by atoms with Crippen molar-refractivity contribution in [3.05, 3.63) is 29.8 Å². The Bertz CT molecular complexity index is 529. The van der Waals surface area contributed by atoms with Gasteiger partial charge < -0.3 is 14.7 Å². The molecule has 1 N–H and O–H groups in total. The Morgan fingerprint density at radius 2 is 1.91 bits per heavy atom. The quantitative estimate of drug-likeness (QED) is 0.882. The molecular formula is C15H19F3N2O3. The van der Waals surface area contributed by atoms with Crippen LogP contribution in [0.15, 0.2) is 24.3 Å². The number of hydrogen-bond acceptors (Lipinski definition) is 4. The van der Waals surface area contributed by atoms with Crippen LogP contribution in [0.1, 0.15) is 5.56 Å². The van der Waals surface area contributed by atoms with Crippen LogP contribution in [0, 0.1) is 0 Å². The zero-order valence-corrected chi connectivity index (χ0v) is 12.6. The van der Waals surface area contributed by atoms with Crippen molar-refractivity contribution in [3.63, 3.8) is 0 Å². The molecule has 1 aliphatic heterocycles. The smallest absolute Gasteiger partial charge is 0.406 e. The molecule has 1 amide bonds. The molecule has 2 rings (SSSR count). The molecule has 0 spiro atoms. The zero-order valence-electron chi connectivity index (χ0n) is 12.6. The van der Waals surface area contributed by atoms with E-state index in [0.717, 1.165) is 5.56 Å². The fraction of sp³-hybridized carbons (Fsp3) is 0.533. The Labute approximate surface area is 132 Å². The van der Waals surface area contributed by atoms with Crippen molar-refractivity contribution in [1.82, 2.24) is 9.80 Å². The van der Waals surface area contributed by atoms with Crippen molar-refractivity contribution in [1.29, 1.82) is 0 Å². The van der Waals surface area contributed by atoms with Gasteiger partial charge >= 0.3 is 6.36 Å². The number of alkyl halides is 3. The molecule has 1 saturated heterocycles. The summed E-state index contributed by atoms with van der Waals surface area (Å²) in [4.78, 5) is 15.1. The van der Waals surface area contributed by atoms with Crippen molar-refractivity contribution >= 4 is 5.91 Å². The predicted octanol–water partition coefficient (Wildman–Crippen LogP) is 1.26. The van der Waals surface area contributed by atoms with E-state index >= 15 is 0 Å². The fourth-order valence-electron chi connectivity index (χ4n) is 2.51. The zero-order chi connectivity index (χ0) is 16.9. The van der Waals surface area contributed by atoms with Gasteiger partial charge in [-0.2, -0.15) is 0 Å². The summed E-state index contributed by atoms with van der Waals surface area (Å²) in [6.07, 6.45) is -4.09. The minimum Gasteiger partial charge on any atom is -0.406 e. The molecule has 1 fully saturated rings. The van der Waals surface area contributed by atoms with Crippen LogP contribution in [-0.2, 0) is 11.2 Å². The highest BCUT2D eigenvalue weighted by Gasteiger charge is 2.31. The van der Waals surface area contributed by atoms with E-state index in [1.807, 2.05) is 0 Å². The minimum atomic E-state index is -4.69. The lowest BCUT2D eigenvalue weighted by Crippen LogP contribution is -2.49. The standard InChI is InChI=1S/C15H19F3N2O3/c16-15(17,18)23-13-3-1-2-12(10-13)4-5-19-6-8-20(9-7-19)14(22)11-21/h1-3,10,21H,4-9,11H2. The summed E-state index contributed by atoms with van der Waals surface area (Å²) in [6.45, 7) is 2.69. The van der Waals surface area contributed by atoms with E-state index in [-0.39, 0.29) is 11.7 Å². The molecule has 1 heterocycles. The van der Waals surface area contributed by atoms with Gasteiger partial charge in [-0.3, -0.25) is 9.69 Å². The Kier molecular flexibility index (Phi) is 5.84. The maximum atomic E-state index is 12.2. The van der Waals surface area contributed by atoms with Gasteiger partial charge in [-0.25, -0.2) is 0 Å². The molecule has 128 valence electrons. The maximum absolute atomic E-state index is 12.2. The summed E-state index contributed by atoms with van der Waals surface area (Å²) in [5.41, 5.74) is 0.764. The third-order valence-corrected chi connectivity index (χ3v) is 3.71. The van der Waals surface area contributed by atoms with Crippen LogP contribution in [0.4, 0.5) is 13.2 Å². The molecule has 0 aromatic heterocycles. The summed E-state index contributed by atoms with van der Waals surface area (Å²) < 4.78 is 40.5. The van der Waals surface area contributed by atoms with E-state index in [9.17, 15) is 18.0 Å². The topological polar surface area (TPSA) is 53.0 Å². The van der Waals surface area contributed by atoms with E-state index in [2.05, 4.69) is 9.64 Å². The highest BCUT2D eigenvalue weighted by Crippen LogP contribution is 2.23. The number of aliphatic hydroxyl groups is 1. The highest BCUT2D eigenvalue weighted by atomic mass is 19.4. The average Bonchev–Trinajstić information content (AvgIpc) is 2.51. The Balaban J connectivity index is 1.81. The summed E-state index contributed by atoms with van der Waals surface area (Å²) in [6, 6.07) is 5.96. The number of carbonyl (C=O) groups is 1. The number of hydrogen-bond donors (Lipinski definition) is 1. The van der Waals surface area contributed by atoms with Crippen LogP contribution in [0.2, 0.25) is 0 Å². The number of ether oxygens (including phenoxy) is 1. The number of carbonyl (C=O) groups excluding carboxylic acids is 1. The average molecular weight is 332 g/mol. The lowest BCUT2D eigenvalue weighted by atomic mass is 10.1. The molecule has 0 saturated carbocycles. The van der Waals surface area contributed by atoms with Gasteiger partial charge in [-0.15, -0.1) is 13.2 Å². The molecule has 1 aromatic carbocycles. The number of halogens is 3. The second kappa shape index (κ2) is 7.65. The third-order valence-electron chi connectivity index (χ3n) is 3.71. The van der Waals surface area contributed by atoms with Crippen molar-refractivity contribution < 1.29 is 27.8 Å². The number of aliphatic hydroxyl groups excluding tert-OH is 1. The SMILES string of the molecule is O=C(CO)N1CCN(CCc2cccc(OC(F)(F)F)c2)CC1. The molecule has 0 unspecified atom stereocenters. The number of benzene rings is 1. The summed E-state index contributed by atoms with van der Waals surface area (Å²) in [7, 11) is 0. The lowest BCUT2D eigenvalue weighted by Gasteiger charge is -2.34. The summed E-state index contributed by atoms with van der Waals surface area (Å²) >= 11 is 0. The van der Waals surface area contributed by atoms with Gasteiger partial charge in [-0.1, -0.05) is 12.1 Å². The van der Waals surface area contributed by atoms with Gasteiger partial charge in [0.25, 0.3) is 0 Å². The van der Waals surface area contributed by atoms with Gasteiger partial charge in [0.15, 0.2) is 0 Å². The van der Waals surface area contributed by atoms with Crippen LogP contribution in [0.25, 0.3) is 0 Å². The summed E-state index contributed by atoms with van der Waals surface area (Å²) in [5.74, 6) is -0.491. The molecule has 23 heavy (non-hydrogen) atoms. The van der Waals surface area contributed by atoms with Gasteiger partial charge in [0.1, 0.15) is 12.4 Å². The van der Waals surface area contributed by atoms with Crippen molar-refractivity contribution in [2.24, 2.45) is 0 Å². The van der Waals surface area contributed by atoms with Crippen molar-refractivity contribution in [2.75, 3.05) is 39.3 Å². The van der Waals surface area contributed by atoms with Crippen LogP contribution in [0.5, 0.6) is 5.75 Å². The first-order valence-electron chi connectivity index (χ1n) is 7.33. The van der Waals surface area contributed by atoms with Crippen LogP contribution in [-0.4, -0.2) is 66.5 Å². The molecule has 5 nitrogen and oxygen atoms in total. The molecule has 0 aliphatic carbocycles. The monoisotopic (exact) mass is 332 g/mol. The van der Waals surface area contributed by atoms with Gasteiger partial charge in [-0.05, 0) is 24.1 Å². The molecule has 8 heteroatoms. The van der Waals surface area contributed by atoms with E-state index < -0.39 is 13.0 Å². The number of amides is 1. The first kappa shape index (κ1) is 17.6. The Morgan fingerprint density at radius 1 is 1.22 bits per heavy atom. The van der Waals surface area contributed by atoms with E-state index in [4.69, 9.17) is 5.11 Å². The summed E-state index contributed by atoms with van der Waals surface area (Å²) in [5, 5.41) is 8.81. The maximum Gasteiger partial charge on any atom is 0.573 e. The van der Waals surface area contributed by atoms with E-state index in [1.54, 1.807) is 11.0 Å². The van der Waals surface area contributed by atoms with Crippen molar-refractivity contribution in [2.45, 2.75) is 12.8 Å². The molecule has 0 bridgehead atoms. The first-order valence-corrected chi connectivity index (χ1v) is 7.33. The highest BCUT2D eigenvalue weighted by molar-refractivity contribution is 5.77. The number of nitrogens with zero attached hydrogens (tertiary/aromatic N) is 2. The minimum absolute atomic E-state index is 0.214. The normalized spacial score (nSPS) is 16.4. The first-order chi connectivity index (χ1) is 10.9. The van der Waals surface area contributed by atoms with E-state index in [1.165, 1.54) is 18.2 Å². The van der Waals surface area contributed by atoms with E-state index in [0.29, 0.717) is 39.1 Å². The Morgan fingerprint density at radius 3 is 2.52 bits per heavy atom. The van der Waals surface area contributed by atoms with Crippen LogP contribution < -0.4 is 4.74 Å². The van der Waals surface area contributed by atoms with Gasteiger partial charge in [0.2, 0.25) is 5.91 Å². The Hall–Kier alpha value is -1.80. The number of piperazine rings is 1. The third kappa shape index (κ3) is 5.72. The number of rotatable bonds is 5. The molecule has 1 aliphatic rings. The molecule has 0 radical (unpaired) electrons. The van der Waals surface area contributed by atoms with Crippen LogP contribution in [0.3, 0.4) is 0 Å². The molecular weight excluding hydrogens is 313 g/mol. The molecule has 0 atom stereocenters. The van der Waals surface area contributed by atoms with Gasteiger partial charge in [0, 0.05) is 32.7 Å². The molecule has 1 aromatic rings.